The number of pyridine rings is 1. The minimum Gasteiger partial charge on any atom is -0.507 e. The molecule has 34 heavy (non-hydrogen) atoms. The summed E-state index contributed by atoms with van der Waals surface area (Å²) in [4.78, 5) is 31.9. The molecule has 168 valence electrons. The van der Waals surface area contributed by atoms with E-state index in [0.29, 0.717) is 28.4 Å². The fraction of sp³-hybridized carbons (Fsp3) is 0.0769. The van der Waals surface area contributed by atoms with Crippen LogP contribution in [0.15, 0.2) is 95.4 Å². The Hall–Kier alpha value is -4.72. The van der Waals surface area contributed by atoms with E-state index in [2.05, 4.69) is 10.1 Å². The van der Waals surface area contributed by atoms with Crippen LogP contribution in [-0.4, -0.2) is 34.0 Å². The van der Waals surface area contributed by atoms with E-state index in [1.165, 1.54) is 24.5 Å². The normalized spacial score (nSPS) is 17.2. The van der Waals surface area contributed by atoms with Crippen molar-refractivity contribution in [2.75, 3.05) is 12.0 Å². The van der Waals surface area contributed by atoms with E-state index in [4.69, 9.17) is 9.26 Å². The van der Waals surface area contributed by atoms with Crippen LogP contribution in [0.25, 0.3) is 17.0 Å². The van der Waals surface area contributed by atoms with Gasteiger partial charge in [-0.15, -0.1) is 0 Å². The average molecular weight is 453 g/mol. The predicted molar refractivity (Wildman–Crippen MR) is 124 cm³/mol. The minimum absolute atomic E-state index is 0.0104. The van der Waals surface area contributed by atoms with Crippen LogP contribution in [0.3, 0.4) is 0 Å². The zero-order valence-electron chi connectivity index (χ0n) is 18.1. The molecule has 0 saturated carbocycles. The van der Waals surface area contributed by atoms with Gasteiger partial charge in [0.05, 0.1) is 18.7 Å². The van der Waals surface area contributed by atoms with E-state index >= 15 is 0 Å². The molecular formula is C26H19N3O5. The van der Waals surface area contributed by atoms with Gasteiger partial charge in [0.1, 0.15) is 17.7 Å². The third kappa shape index (κ3) is 3.61. The third-order valence-electron chi connectivity index (χ3n) is 5.66. The lowest BCUT2D eigenvalue weighted by Crippen LogP contribution is -2.29. The topological polar surface area (TPSA) is 106 Å². The lowest BCUT2D eigenvalue weighted by Gasteiger charge is -2.25. The van der Waals surface area contributed by atoms with Crippen molar-refractivity contribution in [2.45, 2.75) is 6.04 Å². The molecule has 2 aromatic carbocycles. The average Bonchev–Trinajstić information content (AvgIpc) is 3.52. The Morgan fingerprint density at radius 2 is 1.76 bits per heavy atom. The van der Waals surface area contributed by atoms with Crippen molar-refractivity contribution >= 4 is 23.1 Å². The number of benzene rings is 2. The highest BCUT2D eigenvalue weighted by Crippen LogP contribution is 2.42. The standard InChI is InChI=1S/C26H19N3O5/c1-33-21-12-9-18(15-27-21)24(30)22-23(17-5-3-2-4-6-17)29(26(32)25(22)31)19-10-7-16(8-11-19)20-13-14-34-28-20/h2-15,23,30H,1H3/b24-22-. The summed E-state index contributed by atoms with van der Waals surface area (Å²) >= 11 is 0. The van der Waals surface area contributed by atoms with E-state index in [1.807, 2.05) is 30.3 Å². The number of amides is 1. The van der Waals surface area contributed by atoms with E-state index in [0.717, 1.165) is 5.56 Å². The maximum Gasteiger partial charge on any atom is 0.300 e. The number of rotatable bonds is 5. The van der Waals surface area contributed by atoms with E-state index in [9.17, 15) is 14.7 Å². The van der Waals surface area contributed by atoms with Gasteiger partial charge in [-0.25, -0.2) is 4.98 Å². The number of nitrogens with zero attached hydrogens (tertiary/aromatic N) is 3. The largest absolute Gasteiger partial charge is 0.507 e. The Morgan fingerprint density at radius 3 is 2.38 bits per heavy atom. The van der Waals surface area contributed by atoms with Crippen molar-refractivity contribution in [3.8, 4) is 17.1 Å². The van der Waals surface area contributed by atoms with Crippen LogP contribution >= 0.6 is 0 Å². The van der Waals surface area contributed by atoms with Gasteiger partial charge in [0, 0.05) is 35.1 Å². The quantitative estimate of drug-likeness (QED) is 0.272. The van der Waals surface area contributed by atoms with Crippen LogP contribution in [0, 0.1) is 0 Å². The molecule has 0 radical (unpaired) electrons. The van der Waals surface area contributed by atoms with Crippen LogP contribution in [0.1, 0.15) is 17.2 Å². The van der Waals surface area contributed by atoms with Gasteiger partial charge in [0.25, 0.3) is 11.7 Å². The first-order valence-corrected chi connectivity index (χ1v) is 10.5. The van der Waals surface area contributed by atoms with Gasteiger partial charge < -0.3 is 14.4 Å². The number of aliphatic hydroxyl groups excluding tert-OH is 1. The molecular weight excluding hydrogens is 434 g/mol. The fourth-order valence-corrected chi connectivity index (χ4v) is 4.00. The van der Waals surface area contributed by atoms with Crippen LogP contribution in [0.4, 0.5) is 5.69 Å². The maximum absolute atomic E-state index is 13.2. The van der Waals surface area contributed by atoms with Crippen molar-refractivity contribution in [3.63, 3.8) is 0 Å². The molecule has 1 aliphatic heterocycles. The number of aliphatic hydroxyl groups is 1. The second kappa shape index (κ2) is 8.67. The number of carbonyl (C=O) groups is 2. The summed E-state index contributed by atoms with van der Waals surface area (Å²) < 4.78 is 9.96. The molecule has 8 nitrogen and oxygen atoms in total. The van der Waals surface area contributed by atoms with Crippen molar-refractivity contribution < 1.29 is 24.0 Å². The molecule has 8 heteroatoms. The molecule has 1 saturated heterocycles. The lowest BCUT2D eigenvalue weighted by atomic mass is 9.95. The Balaban J connectivity index is 1.63. The Morgan fingerprint density at radius 1 is 1.00 bits per heavy atom. The molecule has 1 N–H and O–H groups in total. The number of anilines is 1. The van der Waals surface area contributed by atoms with Crippen molar-refractivity contribution in [3.05, 3.63) is 102 Å². The minimum atomic E-state index is -0.818. The van der Waals surface area contributed by atoms with Gasteiger partial charge in [-0.2, -0.15) is 0 Å². The Kier molecular flexibility index (Phi) is 5.39. The molecule has 1 amide bonds. The fourth-order valence-electron chi connectivity index (χ4n) is 4.00. The number of hydrogen-bond acceptors (Lipinski definition) is 7. The Bertz CT molecular complexity index is 1360. The zero-order valence-corrected chi connectivity index (χ0v) is 18.1. The number of Topliss-reactive ketones (excluding diaryl/α,β-unsaturated/α-hetero) is 1. The van der Waals surface area contributed by atoms with Gasteiger partial charge in [-0.05, 0) is 23.8 Å². The van der Waals surface area contributed by atoms with E-state index in [1.54, 1.807) is 42.5 Å². The van der Waals surface area contributed by atoms with E-state index in [-0.39, 0.29) is 11.3 Å². The summed E-state index contributed by atoms with van der Waals surface area (Å²) in [6, 6.07) is 20.2. The summed E-state index contributed by atoms with van der Waals surface area (Å²) in [6.07, 6.45) is 2.88. The highest BCUT2D eigenvalue weighted by atomic mass is 16.5. The molecule has 0 bridgehead atoms. The molecule has 1 unspecified atom stereocenters. The summed E-state index contributed by atoms with van der Waals surface area (Å²) in [7, 11) is 1.48. The lowest BCUT2D eigenvalue weighted by molar-refractivity contribution is -0.132. The first-order valence-electron chi connectivity index (χ1n) is 10.5. The van der Waals surface area contributed by atoms with Crippen LogP contribution in [0.5, 0.6) is 5.88 Å². The maximum atomic E-state index is 13.2. The van der Waals surface area contributed by atoms with Gasteiger partial charge >= 0.3 is 0 Å². The number of ketones is 1. The van der Waals surface area contributed by atoms with Crippen LogP contribution in [-0.2, 0) is 9.59 Å². The zero-order chi connectivity index (χ0) is 23.7. The van der Waals surface area contributed by atoms with E-state index < -0.39 is 17.7 Å². The summed E-state index contributed by atoms with van der Waals surface area (Å²) in [5.41, 5.74) is 2.94. The SMILES string of the molecule is COc1ccc(/C(O)=C2/C(=O)C(=O)N(c3ccc(-c4ccon4)cc3)C2c2ccccc2)cn1. The molecule has 5 rings (SSSR count). The third-order valence-corrected chi connectivity index (χ3v) is 5.66. The number of methoxy groups -OCH3 is 1. The monoisotopic (exact) mass is 453 g/mol. The second-order valence-corrected chi connectivity index (χ2v) is 7.60. The number of hydrogen-bond donors (Lipinski definition) is 1. The van der Waals surface area contributed by atoms with Crippen LogP contribution in [0.2, 0.25) is 0 Å². The molecule has 4 aromatic rings. The Labute approximate surface area is 194 Å². The van der Waals surface area contributed by atoms with Crippen molar-refractivity contribution in [1.82, 2.24) is 10.1 Å². The molecule has 3 heterocycles. The molecule has 1 atom stereocenters. The number of aromatic nitrogens is 2. The molecule has 1 aliphatic rings. The first kappa shape index (κ1) is 21.1. The van der Waals surface area contributed by atoms with Gasteiger partial charge in [0.2, 0.25) is 5.88 Å². The van der Waals surface area contributed by atoms with Crippen molar-refractivity contribution in [2.24, 2.45) is 0 Å². The number of carbonyl (C=O) groups excluding carboxylic acids is 2. The molecule has 1 fully saturated rings. The smallest absolute Gasteiger partial charge is 0.300 e. The summed E-state index contributed by atoms with van der Waals surface area (Å²) in [6.45, 7) is 0. The molecule has 0 aliphatic carbocycles. The highest BCUT2D eigenvalue weighted by molar-refractivity contribution is 6.51. The van der Waals surface area contributed by atoms with Crippen LogP contribution < -0.4 is 9.64 Å². The summed E-state index contributed by atoms with van der Waals surface area (Å²) in [5.74, 6) is -1.44. The van der Waals surface area contributed by atoms with Crippen molar-refractivity contribution in [1.29, 1.82) is 0 Å². The molecule has 0 spiro atoms. The van der Waals surface area contributed by atoms with Gasteiger partial charge in [-0.1, -0.05) is 47.6 Å². The predicted octanol–water partition coefficient (Wildman–Crippen LogP) is 4.37. The number of ether oxygens (including phenoxy) is 1. The molecule has 2 aromatic heterocycles. The highest BCUT2D eigenvalue weighted by Gasteiger charge is 2.46. The summed E-state index contributed by atoms with van der Waals surface area (Å²) in [5, 5.41) is 15.0. The second-order valence-electron chi connectivity index (χ2n) is 7.60. The van der Waals surface area contributed by atoms with Gasteiger partial charge in [-0.3, -0.25) is 14.5 Å². The first-order chi connectivity index (χ1) is 16.6. The van der Waals surface area contributed by atoms with Gasteiger partial charge in [0.15, 0.2) is 0 Å².